The molecule has 2 aromatic heterocycles. The van der Waals surface area contributed by atoms with Crippen molar-refractivity contribution in [2.45, 2.75) is 65.1 Å². The van der Waals surface area contributed by atoms with E-state index in [1.165, 1.54) is 0 Å². The molecule has 0 atom stereocenters. The maximum absolute atomic E-state index is 13.1. The molecule has 0 aliphatic carbocycles. The first-order valence-corrected chi connectivity index (χ1v) is 12.6. The maximum atomic E-state index is 13.1. The first-order valence-electron chi connectivity index (χ1n) is 12.6. The summed E-state index contributed by atoms with van der Waals surface area (Å²) in [5.41, 5.74) is 2.44. The molecule has 3 heterocycles. The van der Waals surface area contributed by atoms with Crippen LogP contribution in [0.1, 0.15) is 69.4 Å². The SMILES string of the molecule is CC(C)Oc1cc2nc(C3CCN(CC(=O)OC(C)(C)C)CC3)cn2cc1C(=O)Nc1ccccc1. The first kappa shape index (κ1) is 25.7. The van der Waals surface area contributed by atoms with Gasteiger partial charge in [-0.15, -0.1) is 0 Å². The Morgan fingerprint density at radius 1 is 1.11 bits per heavy atom. The average molecular weight is 493 g/mol. The number of para-hydroxylation sites is 1. The average Bonchev–Trinajstić information content (AvgIpc) is 3.21. The van der Waals surface area contributed by atoms with Gasteiger partial charge in [0.25, 0.3) is 5.91 Å². The molecule has 8 heteroatoms. The number of nitrogens with one attached hydrogen (secondary N) is 1. The number of hydrogen-bond donors (Lipinski definition) is 1. The van der Waals surface area contributed by atoms with Crippen LogP contribution in [0.5, 0.6) is 5.75 Å². The standard InChI is InChI=1S/C28H36N4O4/c1-19(2)35-24-15-25-30-23(20-11-13-31(14-12-20)18-26(33)36-28(3,4)5)17-32(25)16-22(24)27(34)29-21-9-7-6-8-10-21/h6-10,15-17,19-20H,11-14,18H2,1-5H3,(H,29,34). The molecule has 36 heavy (non-hydrogen) atoms. The molecule has 0 radical (unpaired) electrons. The van der Waals surface area contributed by atoms with Gasteiger partial charge in [-0.05, 0) is 72.7 Å². The number of ether oxygens (including phenoxy) is 2. The number of hydrogen-bond acceptors (Lipinski definition) is 6. The molecule has 8 nitrogen and oxygen atoms in total. The van der Waals surface area contributed by atoms with Crippen molar-refractivity contribution in [1.29, 1.82) is 0 Å². The summed E-state index contributed by atoms with van der Waals surface area (Å²) in [6, 6.07) is 11.2. The molecule has 3 aromatic rings. The summed E-state index contributed by atoms with van der Waals surface area (Å²) in [6.07, 6.45) is 5.52. The number of likely N-dealkylation sites (tertiary alicyclic amines) is 1. The smallest absolute Gasteiger partial charge is 0.320 e. The van der Waals surface area contributed by atoms with E-state index in [9.17, 15) is 9.59 Å². The molecule has 0 spiro atoms. The monoisotopic (exact) mass is 492 g/mol. The van der Waals surface area contributed by atoms with Crippen LogP contribution in [0.25, 0.3) is 5.65 Å². The molecule has 1 N–H and O–H groups in total. The topological polar surface area (TPSA) is 85.2 Å². The number of piperidine rings is 1. The largest absolute Gasteiger partial charge is 0.490 e. The van der Waals surface area contributed by atoms with Crippen LogP contribution in [0.15, 0.2) is 48.8 Å². The summed E-state index contributed by atoms with van der Waals surface area (Å²) < 4.78 is 13.3. The van der Waals surface area contributed by atoms with Crippen molar-refractivity contribution in [3.8, 4) is 5.75 Å². The summed E-state index contributed by atoms with van der Waals surface area (Å²) in [7, 11) is 0. The number of imidazole rings is 1. The van der Waals surface area contributed by atoms with Crippen molar-refractivity contribution in [3.63, 3.8) is 0 Å². The molecule has 0 saturated carbocycles. The molecule has 1 aliphatic rings. The van der Waals surface area contributed by atoms with Crippen molar-refractivity contribution in [3.05, 3.63) is 60.0 Å². The van der Waals surface area contributed by atoms with E-state index in [-0.39, 0.29) is 23.9 Å². The lowest BCUT2D eigenvalue weighted by Crippen LogP contribution is -2.39. The molecule has 192 valence electrons. The minimum Gasteiger partial charge on any atom is -0.490 e. The van der Waals surface area contributed by atoms with E-state index in [2.05, 4.69) is 10.2 Å². The molecule has 1 aromatic carbocycles. The molecule has 4 rings (SSSR count). The maximum Gasteiger partial charge on any atom is 0.320 e. The number of nitrogens with zero attached hydrogens (tertiary/aromatic N) is 3. The van der Waals surface area contributed by atoms with Gasteiger partial charge in [0, 0.05) is 30.1 Å². The van der Waals surface area contributed by atoms with Gasteiger partial charge < -0.3 is 19.2 Å². The van der Waals surface area contributed by atoms with Gasteiger partial charge in [-0.3, -0.25) is 14.5 Å². The highest BCUT2D eigenvalue weighted by Gasteiger charge is 2.26. The van der Waals surface area contributed by atoms with E-state index < -0.39 is 5.60 Å². The fraction of sp³-hybridized carbons (Fsp3) is 0.464. The summed E-state index contributed by atoms with van der Waals surface area (Å²) in [5, 5.41) is 2.95. The predicted molar refractivity (Wildman–Crippen MR) is 140 cm³/mol. The van der Waals surface area contributed by atoms with Crippen molar-refractivity contribution >= 4 is 23.2 Å². The Bertz CT molecular complexity index is 1210. The third kappa shape index (κ3) is 6.63. The highest BCUT2D eigenvalue weighted by Crippen LogP contribution is 2.30. The van der Waals surface area contributed by atoms with E-state index in [1.54, 1.807) is 6.20 Å². The van der Waals surface area contributed by atoms with E-state index in [4.69, 9.17) is 14.5 Å². The van der Waals surface area contributed by atoms with Gasteiger partial charge in [0.1, 0.15) is 17.0 Å². The van der Waals surface area contributed by atoms with E-state index in [1.807, 2.05) is 81.6 Å². The van der Waals surface area contributed by atoms with Crippen LogP contribution in [0.2, 0.25) is 0 Å². The summed E-state index contributed by atoms with van der Waals surface area (Å²) in [4.78, 5) is 32.3. The quantitative estimate of drug-likeness (QED) is 0.473. The van der Waals surface area contributed by atoms with Gasteiger partial charge in [0.15, 0.2) is 0 Å². The van der Waals surface area contributed by atoms with E-state index in [0.29, 0.717) is 17.9 Å². The minimum atomic E-state index is -0.471. The van der Waals surface area contributed by atoms with Gasteiger partial charge >= 0.3 is 5.97 Å². The summed E-state index contributed by atoms with van der Waals surface area (Å²) >= 11 is 0. The van der Waals surface area contributed by atoms with Crippen LogP contribution in [-0.4, -0.2) is 57.5 Å². The van der Waals surface area contributed by atoms with Gasteiger partial charge in [-0.25, -0.2) is 4.98 Å². The number of benzene rings is 1. The molecular weight excluding hydrogens is 456 g/mol. The Morgan fingerprint density at radius 2 is 1.81 bits per heavy atom. The lowest BCUT2D eigenvalue weighted by atomic mass is 9.94. The van der Waals surface area contributed by atoms with Crippen LogP contribution in [-0.2, 0) is 9.53 Å². The number of rotatable bonds is 7. The number of pyridine rings is 1. The van der Waals surface area contributed by atoms with E-state index >= 15 is 0 Å². The Kier molecular flexibility index (Phi) is 7.64. The fourth-order valence-corrected chi connectivity index (χ4v) is 4.42. The first-order chi connectivity index (χ1) is 17.1. The van der Waals surface area contributed by atoms with Crippen molar-refractivity contribution in [2.24, 2.45) is 0 Å². The number of esters is 1. The molecule has 0 unspecified atom stereocenters. The second-order valence-corrected chi connectivity index (χ2v) is 10.6. The number of carbonyl (C=O) groups is 2. The third-order valence-electron chi connectivity index (χ3n) is 5.99. The molecule has 1 amide bonds. The molecule has 1 aliphatic heterocycles. The molecule has 1 fully saturated rings. The van der Waals surface area contributed by atoms with Gasteiger partial charge in [0.05, 0.1) is 23.9 Å². The van der Waals surface area contributed by atoms with Crippen LogP contribution in [0.3, 0.4) is 0 Å². The Hall–Kier alpha value is -3.39. The van der Waals surface area contributed by atoms with Crippen molar-refractivity contribution in [2.75, 3.05) is 25.0 Å². The number of anilines is 1. The zero-order valence-electron chi connectivity index (χ0n) is 21.8. The summed E-state index contributed by atoms with van der Waals surface area (Å²) in [6.45, 7) is 11.5. The molecule has 0 bridgehead atoms. The summed E-state index contributed by atoms with van der Waals surface area (Å²) in [5.74, 6) is 0.378. The number of fused-ring (bicyclic) bond motifs is 1. The predicted octanol–water partition coefficient (Wildman–Crippen LogP) is 4.89. The van der Waals surface area contributed by atoms with E-state index in [0.717, 1.165) is 43.0 Å². The Morgan fingerprint density at radius 3 is 2.44 bits per heavy atom. The minimum absolute atomic E-state index is 0.0838. The molecular formula is C28H36N4O4. The lowest BCUT2D eigenvalue weighted by Gasteiger charge is -2.31. The lowest BCUT2D eigenvalue weighted by molar-refractivity contribution is -0.156. The van der Waals surface area contributed by atoms with Crippen LogP contribution in [0, 0.1) is 0 Å². The molecule has 1 saturated heterocycles. The number of carbonyl (C=O) groups excluding carboxylic acids is 2. The third-order valence-corrected chi connectivity index (χ3v) is 5.99. The second-order valence-electron chi connectivity index (χ2n) is 10.6. The van der Waals surface area contributed by atoms with Crippen molar-refractivity contribution in [1.82, 2.24) is 14.3 Å². The second kappa shape index (κ2) is 10.7. The number of aromatic nitrogens is 2. The van der Waals surface area contributed by atoms with Crippen LogP contribution < -0.4 is 10.1 Å². The van der Waals surface area contributed by atoms with Crippen LogP contribution in [0.4, 0.5) is 5.69 Å². The van der Waals surface area contributed by atoms with Gasteiger partial charge in [-0.1, -0.05) is 18.2 Å². The highest BCUT2D eigenvalue weighted by molar-refractivity contribution is 6.06. The Balaban J connectivity index is 1.49. The fourth-order valence-electron chi connectivity index (χ4n) is 4.42. The van der Waals surface area contributed by atoms with Crippen molar-refractivity contribution < 1.29 is 19.1 Å². The zero-order valence-corrected chi connectivity index (χ0v) is 21.8. The van der Waals surface area contributed by atoms with Gasteiger partial charge in [0.2, 0.25) is 0 Å². The Labute approximate surface area is 212 Å². The number of amides is 1. The van der Waals surface area contributed by atoms with Gasteiger partial charge in [-0.2, -0.15) is 0 Å². The normalized spacial score (nSPS) is 15.3. The zero-order chi connectivity index (χ0) is 25.9. The van der Waals surface area contributed by atoms with Crippen LogP contribution >= 0.6 is 0 Å². The highest BCUT2D eigenvalue weighted by atomic mass is 16.6.